The van der Waals surface area contributed by atoms with E-state index in [0.29, 0.717) is 0 Å². The SMILES string of the molecule is CC(C)CCCC1COC1. The highest BCUT2D eigenvalue weighted by Crippen LogP contribution is 2.18. The molecule has 1 aliphatic heterocycles. The second-order valence-electron chi connectivity index (χ2n) is 3.73. The zero-order valence-corrected chi connectivity index (χ0v) is 7.10. The lowest BCUT2D eigenvalue weighted by atomic mass is 9.97. The van der Waals surface area contributed by atoms with Gasteiger partial charge in [-0.25, -0.2) is 0 Å². The lowest BCUT2D eigenvalue weighted by Crippen LogP contribution is -2.27. The van der Waals surface area contributed by atoms with E-state index >= 15 is 0 Å². The first-order valence-corrected chi connectivity index (χ1v) is 4.37. The molecule has 10 heavy (non-hydrogen) atoms. The first-order chi connectivity index (χ1) is 4.79. The molecule has 0 aromatic carbocycles. The summed E-state index contributed by atoms with van der Waals surface area (Å²) in [6.07, 6.45) is 4.17. The van der Waals surface area contributed by atoms with Crippen LogP contribution in [-0.4, -0.2) is 13.2 Å². The third kappa shape index (κ3) is 2.70. The van der Waals surface area contributed by atoms with Crippen LogP contribution < -0.4 is 0 Å². The Labute approximate surface area is 63.8 Å². The molecule has 0 saturated carbocycles. The van der Waals surface area contributed by atoms with Crippen LogP contribution in [0.5, 0.6) is 0 Å². The van der Waals surface area contributed by atoms with Gasteiger partial charge in [-0.2, -0.15) is 0 Å². The predicted octanol–water partition coefficient (Wildman–Crippen LogP) is 2.46. The molecule has 1 heteroatoms. The molecule has 0 radical (unpaired) electrons. The van der Waals surface area contributed by atoms with Crippen molar-refractivity contribution >= 4 is 0 Å². The van der Waals surface area contributed by atoms with Crippen LogP contribution in [0.1, 0.15) is 33.1 Å². The highest BCUT2D eigenvalue weighted by Gasteiger charge is 2.17. The largest absolute Gasteiger partial charge is 0.381 e. The quantitative estimate of drug-likeness (QED) is 0.586. The van der Waals surface area contributed by atoms with E-state index in [-0.39, 0.29) is 0 Å². The molecule has 0 aliphatic carbocycles. The molecule has 0 bridgehead atoms. The van der Waals surface area contributed by atoms with Crippen molar-refractivity contribution in [2.45, 2.75) is 33.1 Å². The summed E-state index contributed by atoms with van der Waals surface area (Å²) < 4.78 is 5.09. The molecule has 1 heterocycles. The van der Waals surface area contributed by atoms with Gasteiger partial charge in [0.25, 0.3) is 0 Å². The van der Waals surface area contributed by atoms with Crippen LogP contribution in [0.4, 0.5) is 0 Å². The molecular weight excluding hydrogens is 124 g/mol. The molecule has 0 amide bonds. The predicted molar refractivity (Wildman–Crippen MR) is 43.0 cm³/mol. The van der Waals surface area contributed by atoms with Crippen molar-refractivity contribution in [2.75, 3.05) is 13.2 Å². The van der Waals surface area contributed by atoms with Gasteiger partial charge in [-0.3, -0.25) is 0 Å². The van der Waals surface area contributed by atoms with Crippen LogP contribution in [-0.2, 0) is 4.74 Å². The minimum atomic E-state index is 0.876. The van der Waals surface area contributed by atoms with Crippen LogP contribution >= 0.6 is 0 Å². The van der Waals surface area contributed by atoms with Gasteiger partial charge in [-0.15, -0.1) is 0 Å². The molecule has 1 rings (SSSR count). The molecule has 1 nitrogen and oxygen atoms in total. The molecule has 1 saturated heterocycles. The number of hydrogen-bond donors (Lipinski definition) is 0. The van der Waals surface area contributed by atoms with Crippen LogP contribution in [0.25, 0.3) is 0 Å². The molecule has 0 atom stereocenters. The second-order valence-corrected chi connectivity index (χ2v) is 3.73. The van der Waals surface area contributed by atoms with Gasteiger partial charge in [0, 0.05) is 5.92 Å². The third-order valence-electron chi connectivity index (χ3n) is 2.10. The van der Waals surface area contributed by atoms with Crippen molar-refractivity contribution in [1.29, 1.82) is 0 Å². The Morgan fingerprint density at radius 2 is 2.10 bits per heavy atom. The van der Waals surface area contributed by atoms with E-state index in [1.165, 1.54) is 19.3 Å². The summed E-state index contributed by atoms with van der Waals surface area (Å²) in [7, 11) is 0. The van der Waals surface area contributed by atoms with Crippen molar-refractivity contribution < 1.29 is 4.74 Å². The van der Waals surface area contributed by atoms with Crippen LogP contribution in [0, 0.1) is 11.8 Å². The van der Waals surface area contributed by atoms with Gasteiger partial charge in [0.15, 0.2) is 0 Å². The summed E-state index contributed by atoms with van der Waals surface area (Å²) in [6.45, 7) is 6.63. The summed E-state index contributed by atoms with van der Waals surface area (Å²) in [5.41, 5.74) is 0. The zero-order chi connectivity index (χ0) is 7.40. The molecule has 0 aromatic rings. The number of rotatable bonds is 4. The monoisotopic (exact) mass is 142 g/mol. The third-order valence-corrected chi connectivity index (χ3v) is 2.10. The fourth-order valence-corrected chi connectivity index (χ4v) is 1.27. The molecule has 1 fully saturated rings. The van der Waals surface area contributed by atoms with E-state index in [9.17, 15) is 0 Å². The summed E-state index contributed by atoms with van der Waals surface area (Å²) in [5.74, 6) is 1.78. The Morgan fingerprint density at radius 1 is 1.40 bits per heavy atom. The van der Waals surface area contributed by atoms with Crippen LogP contribution in [0.2, 0.25) is 0 Å². The minimum Gasteiger partial charge on any atom is -0.381 e. The molecule has 0 N–H and O–H groups in total. The standard InChI is InChI=1S/C9H18O/c1-8(2)4-3-5-9-6-10-7-9/h8-9H,3-7H2,1-2H3. The maximum absolute atomic E-state index is 5.09. The Bertz CT molecular complexity index is 84.7. The van der Waals surface area contributed by atoms with Crippen LogP contribution in [0.3, 0.4) is 0 Å². The highest BCUT2D eigenvalue weighted by molar-refractivity contribution is 4.65. The van der Waals surface area contributed by atoms with E-state index in [4.69, 9.17) is 4.74 Å². The molecule has 1 aliphatic rings. The van der Waals surface area contributed by atoms with E-state index < -0.39 is 0 Å². The van der Waals surface area contributed by atoms with Crippen molar-refractivity contribution in [3.63, 3.8) is 0 Å². The lowest BCUT2D eigenvalue weighted by Gasteiger charge is -2.25. The number of hydrogen-bond acceptors (Lipinski definition) is 1. The Morgan fingerprint density at radius 3 is 2.50 bits per heavy atom. The van der Waals surface area contributed by atoms with Crippen molar-refractivity contribution in [1.82, 2.24) is 0 Å². The average Bonchev–Trinajstić information content (AvgIpc) is 1.75. The Balaban J connectivity index is 1.85. The summed E-state index contributed by atoms with van der Waals surface area (Å²) in [6, 6.07) is 0. The Kier molecular flexibility index (Phi) is 3.20. The van der Waals surface area contributed by atoms with E-state index in [1.807, 2.05) is 0 Å². The van der Waals surface area contributed by atoms with Crippen molar-refractivity contribution in [3.8, 4) is 0 Å². The first kappa shape index (κ1) is 8.06. The summed E-state index contributed by atoms with van der Waals surface area (Å²) >= 11 is 0. The summed E-state index contributed by atoms with van der Waals surface area (Å²) in [5, 5.41) is 0. The molecule has 0 aromatic heterocycles. The molecule has 0 unspecified atom stereocenters. The van der Waals surface area contributed by atoms with Gasteiger partial charge in [0.1, 0.15) is 0 Å². The smallest absolute Gasteiger partial charge is 0.0516 e. The average molecular weight is 142 g/mol. The van der Waals surface area contributed by atoms with Gasteiger partial charge in [0.2, 0.25) is 0 Å². The molecular formula is C9H18O. The number of ether oxygens (including phenoxy) is 1. The zero-order valence-electron chi connectivity index (χ0n) is 7.10. The maximum Gasteiger partial charge on any atom is 0.0516 e. The fraction of sp³-hybridized carbons (Fsp3) is 1.00. The van der Waals surface area contributed by atoms with Gasteiger partial charge >= 0.3 is 0 Å². The fourth-order valence-electron chi connectivity index (χ4n) is 1.27. The second kappa shape index (κ2) is 3.97. The topological polar surface area (TPSA) is 9.23 Å². The molecule has 60 valence electrons. The highest BCUT2D eigenvalue weighted by atomic mass is 16.5. The Hall–Kier alpha value is -0.0400. The normalized spacial score (nSPS) is 19.5. The van der Waals surface area contributed by atoms with E-state index in [1.54, 1.807) is 0 Å². The lowest BCUT2D eigenvalue weighted by molar-refractivity contribution is -0.0367. The van der Waals surface area contributed by atoms with Crippen molar-refractivity contribution in [3.05, 3.63) is 0 Å². The summed E-state index contributed by atoms with van der Waals surface area (Å²) in [4.78, 5) is 0. The van der Waals surface area contributed by atoms with Gasteiger partial charge in [-0.1, -0.05) is 26.7 Å². The molecule has 0 spiro atoms. The minimum absolute atomic E-state index is 0.876. The van der Waals surface area contributed by atoms with Gasteiger partial charge < -0.3 is 4.74 Å². The first-order valence-electron chi connectivity index (χ1n) is 4.37. The van der Waals surface area contributed by atoms with E-state index in [0.717, 1.165) is 25.0 Å². The van der Waals surface area contributed by atoms with Crippen LogP contribution in [0.15, 0.2) is 0 Å². The maximum atomic E-state index is 5.09. The van der Waals surface area contributed by atoms with Gasteiger partial charge in [0.05, 0.1) is 13.2 Å². The van der Waals surface area contributed by atoms with E-state index in [2.05, 4.69) is 13.8 Å². The van der Waals surface area contributed by atoms with Crippen molar-refractivity contribution in [2.24, 2.45) is 11.8 Å². The van der Waals surface area contributed by atoms with Gasteiger partial charge in [-0.05, 0) is 12.3 Å².